The van der Waals surface area contributed by atoms with Crippen LogP contribution in [0.25, 0.3) is 0 Å². The second-order valence-corrected chi connectivity index (χ2v) is 4.89. The number of aryl methyl sites for hydroxylation is 1. The zero-order chi connectivity index (χ0) is 15.1. The van der Waals surface area contributed by atoms with E-state index in [0.29, 0.717) is 6.61 Å². The van der Waals surface area contributed by atoms with Crippen LogP contribution in [-0.2, 0) is 0 Å². The minimum atomic E-state index is -0.0709. The lowest BCUT2D eigenvalue weighted by molar-refractivity contribution is 0.338. The predicted octanol–water partition coefficient (Wildman–Crippen LogP) is 2.67. The molecule has 0 saturated heterocycles. The number of ether oxygens (including phenoxy) is 1. The molecule has 5 heteroatoms. The molecular weight excluding hydrogens is 264 g/mol. The van der Waals surface area contributed by atoms with Gasteiger partial charge in [0.2, 0.25) is 0 Å². The number of hydrogen-bond acceptors (Lipinski definition) is 5. The highest BCUT2D eigenvalue weighted by Gasteiger charge is 2.17. The first-order valence-corrected chi connectivity index (χ1v) is 7.34. The Balaban J connectivity index is 2.30. The molecule has 0 amide bonds. The Morgan fingerprint density at radius 1 is 1.14 bits per heavy atom. The second-order valence-electron chi connectivity index (χ2n) is 4.89. The first-order chi connectivity index (χ1) is 10.2. The van der Waals surface area contributed by atoms with E-state index >= 15 is 0 Å². The molecule has 2 aromatic heterocycles. The van der Waals surface area contributed by atoms with Crippen molar-refractivity contribution in [3.05, 3.63) is 47.8 Å². The van der Waals surface area contributed by atoms with Gasteiger partial charge in [-0.2, -0.15) is 0 Å². The van der Waals surface area contributed by atoms with Gasteiger partial charge in [-0.15, -0.1) is 0 Å². The monoisotopic (exact) mass is 286 g/mol. The van der Waals surface area contributed by atoms with Gasteiger partial charge in [0.15, 0.2) is 0 Å². The van der Waals surface area contributed by atoms with Crippen LogP contribution in [-0.4, -0.2) is 28.1 Å². The lowest BCUT2D eigenvalue weighted by Gasteiger charge is -2.18. The van der Waals surface area contributed by atoms with Crippen molar-refractivity contribution in [2.75, 3.05) is 13.2 Å². The second kappa shape index (κ2) is 7.69. The first kappa shape index (κ1) is 15.4. The number of pyridine rings is 1. The lowest BCUT2D eigenvalue weighted by Crippen LogP contribution is -2.25. The third-order valence-electron chi connectivity index (χ3n) is 3.04. The predicted molar refractivity (Wildman–Crippen MR) is 82.3 cm³/mol. The third kappa shape index (κ3) is 4.23. The van der Waals surface area contributed by atoms with E-state index in [4.69, 9.17) is 4.74 Å². The molecule has 112 valence electrons. The molecule has 0 spiro atoms. The summed E-state index contributed by atoms with van der Waals surface area (Å²) in [7, 11) is 0. The number of aromatic nitrogens is 3. The number of rotatable bonds is 7. The topological polar surface area (TPSA) is 59.9 Å². The lowest BCUT2D eigenvalue weighted by atomic mass is 10.1. The summed E-state index contributed by atoms with van der Waals surface area (Å²) in [4.78, 5) is 13.1. The highest BCUT2D eigenvalue weighted by atomic mass is 16.5. The Bertz CT molecular complexity index is 556. The molecule has 0 aliphatic carbocycles. The Kier molecular flexibility index (Phi) is 5.63. The van der Waals surface area contributed by atoms with E-state index in [2.05, 4.69) is 27.2 Å². The molecule has 0 bridgehead atoms. The molecule has 0 radical (unpaired) electrons. The van der Waals surface area contributed by atoms with Gasteiger partial charge in [0.1, 0.15) is 11.6 Å². The quantitative estimate of drug-likeness (QED) is 0.848. The molecule has 2 aromatic rings. The molecule has 1 atom stereocenters. The fourth-order valence-corrected chi connectivity index (χ4v) is 2.04. The molecule has 0 aliphatic rings. The number of nitrogens with one attached hydrogen (secondary N) is 1. The van der Waals surface area contributed by atoms with E-state index in [1.807, 2.05) is 38.5 Å². The minimum Gasteiger partial charge on any atom is -0.492 e. The molecule has 2 heterocycles. The Morgan fingerprint density at radius 3 is 2.57 bits per heavy atom. The van der Waals surface area contributed by atoms with Crippen molar-refractivity contribution < 1.29 is 4.74 Å². The van der Waals surface area contributed by atoms with Gasteiger partial charge in [-0.3, -0.25) is 4.98 Å². The van der Waals surface area contributed by atoms with Crippen LogP contribution < -0.4 is 10.1 Å². The number of nitrogens with zero attached hydrogens (tertiary/aromatic N) is 3. The minimum absolute atomic E-state index is 0.0709. The van der Waals surface area contributed by atoms with Crippen LogP contribution in [0.4, 0.5) is 0 Å². The molecule has 0 fully saturated rings. The standard InChI is InChI=1S/C16H22N4O/c1-4-6-18-15(16-19-8-12(3)9-20-16)13-7-14(21-5-2)11-17-10-13/h7-11,15,18H,4-6H2,1-3H3. The summed E-state index contributed by atoms with van der Waals surface area (Å²) in [6.45, 7) is 7.59. The smallest absolute Gasteiger partial charge is 0.149 e. The summed E-state index contributed by atoms with van der Waals surface area (Å²) >= 11 is 0. The molecule has 5 nitrogen and oxygen atoms in total. The van der Waals surface area contributed by atoms with E-state index in [1.54, 1.807) is 6.20 Å². The fraction of sp³-hybridized carbons (Fsp3) is 0.438. The van der Waals surface area contributed by atoms with Gasteiger partial charge in [-0.25, -0.2) is 9.97 Å². The van der Waals surface area contributed by atoms with Gasteiger partial charge in [-0.1, -0.05) is 6.92 Å². The highest BCUT2D eigenvalue weighted by molar-refractivity contribution is 5.29. The fourth-order valence-electron chi connectivity index (χ4n) is 2.04. The van der Waals surface area contributed by atoms with Crippen molar-refractivity contribution in [3.63, 3.8) is 0 Å². The van der Waals surface area contributed by atoms with Crippen molar-refractivity contribution in [1.82, 2.24) is 20.3 Å². The summed E-state index contributed by atoms with van der Waals surface area (Å²) in [6.07, 6.45) is 8.27. The Hall–Kier alpha value is -2.01. The summed E-state index contributed by atoms with van der Waals surface area (Å²) in [5, 5.41) is 3.47. The average Bonchev–Trinajstić information content (AvgIpc) is 2.50. The van der Waals surface area contributed by atoms with Gasteiger partial charge >= 0.3 is 0 Å². The van der Waals surface area contributed by atoms with Crippen LogP contribution in [0.2, 0.25) is 0 Å². The van der Waals surface area contributed by atoms with E-state index < -0.39 is 0 Å². The van der Waals surface area contributed by atoms with E-state index in [1.165, 1.54) is 0 Å². The summed E-state index contributed by atoms with van der Waals surface area (Å²) in [5.41, 5.74) is 2.06. The molecule has 1 N–H and O–H groups in total. The highest BCUT2D eigenvalue weighted by Crippen LogP contribution is 2.22. The summed E-state index contributed by atoms with van der Waals surface area (Å²) in [5.74, 6) is 1.52. The molecule has 2 rings (SSSR count). The first-order valence-electron chi connectivity index (χ1n) is 7.34. The Labute approximate surface area is 125 Å². The zero-order valence-corrected chi connectivity index (χ0v) is 12.8. The van der Waals surface area contributed by atoms with Crippen LogP contribution in [0.1, 0.15) is 43.3 Å². The number of hydrogen-bond donors (Lipinski definition) is 1. The van der Waals surface area contributed by atoms with E-state index in [-0.39, 0.29) is 6.04 Å². The normalized spacial score (nSPS) is 12.1. The van der Waals surface area contributed by atoms with Crippen LogP contribution in [0, 0.1) is 6.92 Å². The van der Waals surface area contributed by atoms with Crippen LogP contribution in [0.5, 0.6) is 5.75 Å². The molecule has 1 unspecified atom stereocenters. The van der Waals surface area contributed by atoms with Crippen molar-refractivity contribution in [2.45, 2.75) is 33.2 Å². The van der Waals surface area contributed by atoms with Crippen molar-refractivity contribution in [2.24, 2.45) is 0 Å². The summed E-state index contributed by atoms with van der Waals surface area (Å²) in [6, 6.07) is 1.92. The molecule has 0 aromatic carbocycles. The maximum atomic E-state index is 5.53. The van der Waals surface area contributed by atoms with Crippen LogP contribution >= 0.6 is 0 Å². The van der Waals surface area contributed by atoms with Crippen LogP contribution in [0.3, 0.4) is 0 Å². The molecular formula is C16H22N4O. The van der Waals surface area contributed by atoms with Crippen molar-refractivity contribution in [1.29, 1.82) is 0 Å². The van der Waals surface area contributed by atoms with Gasteiger partial charge in [-0.05, 0) is 44.0 Å². The van der Waals surface area contributed by atoms with Gasteiger partial charge in [0, 0.05) is 18.6 Å². The SMILES string of the molecule is CCCNC(c1cncc(OCC)c1)c1ncc(C)cn1. The van der Waals surface area contributed by atoms with Gasteiger partial charge in [0.25, 0.3) is 0 Å². The Morgan fingerprint density at radius 2 is 1.90 bits per heavy atom. The van der Waals surface area contributed by atoms with Crippen molar-refractivity contribution in [3.8, 4) is 5.75 Å². The summed E-state index contributed by atoms with van der Waals surface area (Å²) < 4.78 is 5.53. The third-order valence-corrected chi connectivity index (χ3v) is 3.04. The van der Waals surface area contributed by atoms with Gasteiger partial charge < -0.3 is 10.1 Å². The maximum absolute atomic E-state index is 5.53. The van der Waals surface area contributed by atoms with Crippen LogP contribution in [0.15, 0.2) is 30.9 Å². The van der Waals surface area contributed by atoms with E-state index in [9.17, 15) is 0 Å². The molecule has 0 saturated carbocycles. The molecule has 0 aliphatic heterocycles. The molecule has 21 heavy (non-hydrogen) atoms. The van der Waals surface area contributed by atoms with Gasteiger partial charge in [0.05, 0.1) is 18.8 Å². The maximum Gasteiger partial charge on any atom is 0.149 e. The average molecular weight is 286 g/mol. The zero-order valence-electron chi connectivity index (χ0n) is 12.8. The van der Waals surface area contributed by atoms with Crippen molar-refractivity contribution >= 4 is 0 Å². The largest absolute Gasteiger partial charge is 0.492 e. The van der Waals surface area contributed by atoms with E-state index in [0.717, 1.165) is 35.7 Å².